The number of aromatic nitrogens is 4. The minimum absolute atomic E-state index is 0.0445. The van der Waals surface area contributed by atoms with E-state index >= 15 is 0 Å². The van der Waals surface area contributed by atoms with Gasteiger partial charge < -0.3 is 5.11 Å². The molecule has 0 atom stereocenters. The normalized spacial score (nSPS) is 10.4. The lowest BCUT2D eigenvalue weighted by Gasteiger charge is -2.20. The number of hydrogen-bond donors (Lipinski definition) is 2. The summed E-state index contributed by atoms with van der Waals surface area (Å²) in [6, 6.07) is 12.5. The van der Waals surface area contributed by atoms with Gasteiger partial charge in [-0.05, 0) is 24.3 Å². The Labute approximate surface area is 140 Å². The number of H-pyrrole nitrogens is 1. The van der Waals surface area contributed by atoms with Crippen LogP contribution in [0, 0.1) is 10.1 Å². The maximum absolute atomic E-state index is 11.7. The van der Waals surface area contributed by atoms with Gasteiger partial charge in [0.2, 0.25) is 0 Å². The van der Waals surface area contributed by atoms with E-state index in [-0.39, 0.29) is 29.2 Å². The summed E-state index contributed by atoms with van der Waals surface area (Å²) in [4.78, 5) is 23.5. The van der Waals surface area contributed by atoms with Crippen molar-refractivity contribution < 1.29 is 14.8 Å². The standard InChI is InChI=1S/C15H12N6O4/c22-15(23)20(11-4-2-1-3-5-11)12-6-7-13(21(24)25)10(8-12)9-14-16-18-19-17-14/h1-8H,9H2,(H,22,23)(H,16,17,18,19). The summed E-state index contributed by atoms with van der Waals surface area (Å²) in [5.74, 6) is 0.266. The Morgan fingerprint density at radius 3 is 2.56 bits per heavy atom. The van der Waals surface area contributed by atoms with E-state index in [0.29, 0.717) is 5.69 Å². The molecule has 0 radical (unpaired) electrons. The molecule has 25 heavy (non-hydrogen) atoms. The van der Waals surface area contributed by atoms with Gasteiger partial charge in [0.15, 0.2) is 5.82 Å². The number of amides is 1. The maximum Gasteiger partial charge on any atom is 0.416 e. The van der Waals surface area contributed by atoms with Gasteiger partial charge in [0.25, 0.3) is 5.69 Å². The topological polar surface area (TPSA) is 138 Å². The molecular formula is C15H12N6O4. The van der Waals surface area contributed by atoms with Crippen LogP contribution in [0.5, 0.6) is 0 Å². The average molecular weight is 340 g/mol. The van der Waals surface area contributed by atoms with Crippen LogP contribution in [-0.2, 0) is 6.42 Å². The van der Waals surface area contributed by atoms with Crippen molar-refractivity contribution in [3.63, 3.8) is 0 Å². The molecule has 1 amide bonds. The second-order valence-electron chi connectivity index (χ2n) is 5.03. The minimum atomic E-state index is -1.20. The van der Waals surface area contributed by atoms with E-state index in [2.05, 4.69) is 20.6 Å². The smallest absolute Gasteiger partial charge is 0.416 e. The van der Waals surface area contributed by atoms with E-state index in [4.69, 9.17) is 0 Å². The number of anilines is 2. The van der Waals surface area contributed by atoms with E-state index in [0.717, 1.165) is 4.90 Å². The number of tetrazole rings is 1. The van der Waals surface area contributed by atoms with E-state index in [1.165, 1.54) is 18.2 Å². The summed E-state index contributed by atoms with van der Waals surface area (Å²) < 4.78 is 0. The lowest BCUT2D eigenvalue weighted by atomic mass is 10.1. The van der Waals surface area contributed by atoms with E-state index in [1.807, 2.05) is 0 Å². The lowest BCUT2D eigenvalue weighted by molar-refractivity contribution is -0.385. The fourth-order valence-electron chi connectivity index (χ4n) is 2.41. The van der Waals surface area contributed by atoms with Crippen molar-refractivity contribution >= 4 is 23.2 Å². The van der Waals surface area contributed by atoms with Gasteiger partial charge in [0.1, 0.15) is 0 Å². The zero-order valence-corrected chi connectivity index (χ0v) is 12.7. The van der Waals surface area contributed by atoms with Gasteiger partial charge in [-0.2, -0.15) is 5.21 Å². The van der Waals surface area contributed by atoms with Crippen molar-refractivity contribution in [1.82, 2.24) is 20.6 Å². The first kappa shape index (κ1) is 16.1. The summed E-state index contributed by atoms with van der Waals surface area (Å²) in [5.41, 5.74) is 0.843. The summed E-state index contributed by atoms with van der Waals surface area (Å²) >= 11 is 0. The quantitative estimate of drug-likeness (QED) is 0.537. The van der Waals surface area contributed by atoms with Crippen molar-refractivity contribution in [3.05, 3.63) is 70.0 Å². The van der Waals surface area contributed by atoms with E-state index in [1.54, 1.807) is 30.3 Å². The molecule has 0 saturated heterocycles. The Morgan fingerprint density at radius 2 is 1.96 bits per heavy atom. The number of aromatic amines is 1. The van der Waals surface area contributed by atoms with Crippen LogP contribution in [-0.4, -0.2) is 36.7 Å². The molecule has 0 spiro atoms. The lowest BCUT2D eigenvalue weighted by Crippen LogP contribution is -2.23. The molecule has 1 aromatic heterocycles. The van der Waals surface area contributed by atoms with Crippen molar-refractivity contribution in [1.29, 1.82) is 0 Å². The molecule has 0 unspecified atom stereocenters. The highest BCUT2D eigenvalue weighted by Crippen LogP contribution is 2.31. The summed E-state index contributed by atoms with van der Waals surface area (Å²) in [6.45, 7) is 0. The van der Waals surface area contributed by atoms with Crippen molar-refractivity contribution in [2.45, 2.75) is 6.42 Å². The zero-order valence-electron chi connectivity index (χ0n) is 12.7. The number of carboxylic acid groups (broad SMARTS) is 1. The van der Waals surface area contributed by atoms with Crippen LogP contribution in [0.15, 0.2) is 48.5 Å². The number of nitro benzene ring substituents is 1. The third kappa shape index (κ3) is 3.42. The highest BCUT2D eigenvalue weighted by molar-refractivity contribution is 5.95. The average Bonchev–Trinajstić information content (AvgIpc) is 3.08. The Bertz CT molecular complexity index is 898. The monoisotopic (exact) mass is 340 g/mol. The van der Waals surface area contributed by atoms with Gasteiger partial charge in [0, 0.05) is 18.1 Å². The predicted molar refractivity (Wildman–Crippen MR) is 86.7 cm³/mol. The Balaban J connectivity index is 2.06. The number of nitrogens with one attached hydrogen (secondary N) is 1. The van der Waals surface area contributed by atoms with Crippen LogP contribution in [0.25, 0.3) is 0 Å². The maximum atomic E-state index is 11.7. The molecule has 0 aliphatic rings. The van der Waals surface area contributed by atoms with Crippen molar-refractivity contribution in [2.75, 3.05) is 4.90 Å². The summed E-state index contributed by atoms with van der Waals surface area (Å²) in [5, 5.41) is 34.1. The number of para-hydroxylation sites is 1. The first-order valence-electron chi connectivity index (χ1n) is 7.14. The molecule has 3 aromatic rings. The van der Waals surface area contributed by atoms with Crippen LogP contribution < -0.4 is 4.90 Å². The molecule has 10 heteroatoms. The van der Waals surface area contributed by atoms with Crippen LogP contribution in [0.3, 0.4) is 0 Å². The van der Waals surface area contributed by atoms with Gasteiger partial charge in [-0.15, -0.1) is 10.2 Å². The number of hydrogen-bond acceptors (Lipinski definition) is 6. The number of carbonyl (C=O) groups is 1. The molecule has 3 rings (SSSR count). The Hall–Kier alpha value is -3.82. The fourth-order valence-corrected chi connectivity index (χ4v) is 2.41. The minimum Gasteiger partial charge on any atom is -0.464 e. The van der Waals surface area contributed by atoms with Gasteiger partial charge in [-0.25, -0.2) is 9.69 Å². The van der Waals surface area contributed by atoms with Crippen LogP contribution in [0.2, 0.25) is 0 Å². The second-order valence-corrected chi connectivity index (χ2v) is 5.03. The van der Waals surface area contributed by atoms with Crippen LogP contribution >= 0.6 is 0 Å². The largest absolute Gasteiger partial charge is 0.464 e. The highest BCUT2D eigenvalue weighted by atomic mass is 16.6. The first-order chi connectivity index (χ1) is 12.1. The van der Waals surface area contributed by atoms with E-state index in [9.17, 15) is 20.0 Å². The third-order valence-corrected chi connectivity index (χ3v) is 3.46. The van der Waals surface area contributed by atoms with Gasteiger partial charge >= 0.3 is 6.09 Å². The van der Waals surface area contributed by atoms with Crippen LogP contribution in [0.4, 0.5) is 21.9 Å². The summed E-state index contributed by atoms with van der Waals surface area (Å²) in [6.07, 6.45) is -1.16. The predicted octanol–water partition coefficient (Wildman–Crippen LogP) is 2.51. The number of nitro groups is 1. The number of rotatable bonds is 5. The van der Waals surface area contributed by atoms with Gasteiger partial charge in [-0.3, -0.25) is 10.1 Å². The molecule has 0 bridgehead atoms. The second kappa shape index (κ2) is 6.74. The Kier molecular flexibility index (Phi) is 4.33. The van der Waals surface area contributed by atoms with Gasteiger partial charge in [0.05, 0.1) is 16.3 Å². The zero-order chi connectivity index (χ0) is 17.8. The van der Waals surface area contributed by atoms with Crippen molar-refractivity contribution in [3.8, 4) is 0 Å². The highest BCUT2D eigenvalue weighted by Gasteiger charge is 2.22. The van der Waals surface area contributed by atoms with E-state index < -0.39 is 11.0 Å². The van der Waals surface area contributed by atoms with Crippen molar-refractivity contribution in [2.24, 2.45) is 0 Å². The molecule has 1 heterocycles. The molecular weight excluding hydrogens is 328 g/mol. The number of nitrogens with zero attached hydrogens (tertiary/aromatic N) is 5. The molecule has 10 nitrogen and oxygen atoms in total. The Morgan fingerprint density at radius 1 is 1.20 bits per heavy atom. The third-order valence-electron chi connectivity index (χ3n) is 3.46. The van der Waals surface area contributed by atoms with Gasteiger partial charge in [-0.1, -0.05) is 23.4 Å². The van der Waals surface area contributed by atoms with Crippen LogP contribution in [0.1, 0.15) is 11.4 Å². The molecule has 0 aliphatic heterocycles. The molecule has 0 saturated carbocycles. The molecule has 0 aliphatic carbocycles. The first-order valence-corrected chi connectivity index (χ1v) is 7.14. The molecule has 2 aromatic carbocycles. The molecule has 2 N–H and O–H groups in total. The molecule has 0 fully saturated rings. The summed E-state index contributed by atoms with van der Waals surface area (Å²) in [7, 11) is 0. The fraction of sp³-hybridized carbons (Fsp3) is 0.0667. The number of benzene rings is 2. The SMILES string of the molecule is O=C(O)N(c1ccccc1)c1ccc([N+](=O)[O-])c(Cc2nn[nH]n2)c1. The molecule has 126 valence electrons.